The largest absolute Gasteiger partial charge is 0.381 e. The van der Waals surface area contributed by atoms with Gasteiger partial charge in [0.1, 0.15) is 5.82 Å². The molecule has 0 aliphatic carbocycles. The number of aryl methyl sites for hydroxylation is 3. The fourth-order valence-electron chi connectivity index (χ4n) is 2.09. The van der Waals surface area contributed by atoms with Crippen molar-refractivity contribution in [2.75, 3.05) is 13.2 Å². The van der Waals surface area contributed by atoms with Crippen LogP contribution in [0.1, 0.15) is 29.2 Å². The van der Waals surface area contributed by atoms with Crippen molar-refractivity contribution < 1.29 is 9.53 Å². The number of amides is 1. The number of carbonyl (C=O) groups excluding carboxylic acids is 1. The third-order valence-electron chi connectivity index (χ3n) is 3.18. The van der Waals surface area contributed by atoms with Crippen molar-refractivity contribution in [3.8, 4) is 0 Å². The van der Waals surface area contributed by atoms with E-state index in [1.165, 1.54) is 0 Å². The third-order valence-corrected chi connectivity index (χ3v) is 3.18. The van der Waals surface area contributed by atoms with E-state index in [-0.39, 0.29) is 5.91 Å². The van der Waals surface area contributed by atoms with Gasteiger partial charge >= 0.3 is 0 Å². The lowest BCUT2D eigenvalue weighted by molar-refractivity contribution is -0.126. The van der Waals surface area contributed by atoms with E-state index in [0.29, 0.717) is 32.1 Å². The number of aromatic nitrogens is 2. The molecule has 1 aromatic heterocycles. The summed E-state index contributed by atoms with van der Waals surface area (Å²) in [6.07, 6.45) is 0.546. The second-order valence-electron chi connectivity index (χ2n) is 4.80. The Morgan fingerprint density at radius 3 is 2.39 bits per heavy atom. The number of hydrogen-bond donors (Lipinski definition) is 1. The van der Waals surface area contributed by atoms with E-state index in [1.807, 2.05) is 20.8 Å². The molecule has 0 radical (unpaired) electrons. The van der Waals surface area contributed by atoms with Gasteiger partial charge in [-0.15, -0.1) is 0 Å². The molecule has 1 amide bonds. The maximum Gasteiger partial charge on any atom is 0.220 e. The van der Waals surface area contributed by atoms with Crippen LogP contribution in [0, 0.1) is 26.7 Å². The maximum absolute atomic E-state index is 11.7. The van der Waals surface area contributed by atoms with Crippen LogP contribution in [0.3, 0.4) is 0 Å². The number of carbonyl (C=O) groups is 1. The molecule has 0 unspecified atom stereocenters. The SMILES string of the molecule is Cc1nc(C)c(CNC(=O)CC2COC2)c(C)n1. The molecule has 2 rings (SSSR count). The van der Waals surface area contributed by atoms with Crippen molar-refractivity contribution in [3.05, 3.63) is 22.8 Å². The molecule has 0 spiro atoms. The Labute approximate surface area is 107 Å². The summed E-state index contributed by atoms with van der Waals surface area (Å²) >= 11 is 0. The minimum atomic E-state index is 0.0719. The van der Waals surface area contributed by atoms with Gasteiger partial charge in [-0.3, -0.25) is 4.79 Å². The van der Waals surface area contributed by atoms with Crippen molar-refractivity contribution in [2.24, 2.45) is 5.92 Å². The van der Waals surface area contributed by atoms with E-state index in [9.17, 15) is 4.79 Å². The van der Waals surface area contributed by atoms with E-state index in [2.05, 4.69) is 15.3 Å². The van der Waals surface area contributed by atoms with Gasteiger partial charge in [-0.05, 0) is 20.8 Å². The van der Waals surface area contributed by atoms with Gasteiger partial charge in [-0.25, -0.2) is 9.97 Å². The predicted molar refractivity (Wildman–Crippen MR) is 67.0 cm³/mol. The van der Waals surface area contributed by atoms with Crippen LogP contribution in [0.15, 0.2) is 0 Å². The molecule has 2 heterocycles. The van der Waals surface area contributed by atoms with E-state index in [1.54, 1.807) is 0 Å². The summed E-state index contributed by atoms with van der Waals surface area (Å²) in [5.41, 5.74) is 2.89. The van der Waals surface area contributed by atoms with Crippen molar-refractivity contribution in [1.82, 2.24) is 15.3 Å². The Bertz CT molecular complexity index is 433. The number of nitrogens with zero attached hydrogens (tertiary/aromatic N) is 2. The zero-order valence-electron chi connectivity index (χ0n) is 11.1. The average Bonchev–Trinajstić information content (AvgIpc) is 2.22. The van der Waals surface area contributed by atoms with Crippen molar-refractivity contribution in [3.63, 3.8) is 0 Å². The van der Waals surface area contributed by atoms with Crippen LogP contribution in [0.4, 0.5) is 0 Å². The summed E-state index contributed by atoms with van der Waals surface area (Å²) in [7, 11) is 0. The topological polar surface area (TPSA) is 64.1 Å². The molecule has 1 N–H and O–H groups in total. The standard InChI is InChI=1S/C13H19N3O2/c1-8-12(9(2)16-10(3)15-8)5-14-13(17)4-11-6-18-7-11/h11H,4-7H2,1-3H3,(H,14,17). The third kappa shape index (κ3) is 3.04. The van der Waals surface area contributed by atoms with Crippen molar-refractivity contribution in [1.29, 1.82) is 0 Å². The number of nitrogens with one attached hydrogen (secondary N) is 1. The minimum Gasteiger partial charge on any atom is -0.381 e. The molecule has 0 aromatic carbocycles. The second kappa shape index (κ2) is 5.44. The van der Waals surface area contributed by atoms with Crippen LogP contribution in [0.25, 0.3) is 0 Å². The summed E-state index contributed by atoms with van der Waals surface area (Å²) in [5, 5.41) is 2.92. The lowest BCUT2D eigenvalue weighted by Gasteiger charge is -2.25. The first-order valence-electron chi connectivity index (χ1n) is 6.21. The molecule has 0 atom stereocenters. The first-order chi connectivity index (χ1) is 8.56. The number of hydrogen-bond acceptors (Lipinski definition) is 4. The highest BCUT2D eigenvalue weighted by Gasteiger charge is 2.21. The zero-order valence-corrected chi connectivity index (χ0v) is 11.1. The Kier molecular flexibility index (Phi) is 3.91. The van der Waals surface area contributed by atoms with Gasteiger partial charge in [0.05, 0.1) is 13.2 Å². The molecule has 5 nitrogen and oxygen atoms in total. The second-order valence-corrected chi connectivity index (χ2v) is 4.80. The van der Waals surface area contributed by atoms with Crippen LogP contribution in [0.5, 0.6) is 0 Å². The van der Waals surface area contributed by atoms with Gasteiger partial charge in [0.25, 0.3) is 0 Å². The fourth-order valence-corrected chi connectivity index (χ4v) is 2.09. The lowest BCUT2D eigenvalue weighted by Crippen LogP contribution is -2.34. The summed E-state index contributed by atoms with van der Waals surface area (Å²) in [4.78, 5) is 20.3. The summed E-state index contributed by atoms with van der Waals surface area (Å²) in [6, 6.07) is 0. The van der Waals surface area contributed by atoms with Crippen molar-refractivity contribution in [2.45, 2.75) is 33.7 Å². The zero-order chi connectivity index (χ0) is 13.1. The molecule has 98 valence electrons. The molecule has 18 heavy (non-hydrogen) atoms. The van der Waals surface area contributed by atoms with Crippen molar-refractivity contribution >= 4 is 5.91 Å². The summed E-state index contributed by atoms with van der Waals surface area (Å²) in [5.74, 6) is 1.23. The normalized spacial score (nSPS) is 15.3. The molecular formula is C13H19N3O2. The Morgan fingerprint density at radius 1 is 1.28 bits per heavy atom. The maximum atomic E-state index is 11.7. The molecule has 0 saturated carbocycles. The highest BCUT2D eigenvalue weighted by atomic mass is 16.5. The highest BCUT2D eigenvalue weighted by Crippen LogP contribution is 2.14. The highest BCUT2D eigenvalue weighted by molar-refractivity contribution is 5.76. The summed E-state index contributed by atoms with van der Waals surface area (Å²) in [6.45, 7) is 7.69. The van der Waals surface area contributed by atoms with Gasteiger partial charge in [0.15, 0.2) is 0 Å². The molecule has 0 bridgehead atoms. The summed E-state index contributed by atoms with van der Waals surface area (Å²) < 4.78 is 5.05. The van der Waals surface area contributed by atoms with Gasteiger partial charge in [-0.1, -0.05) is 0 Å². The van der Waals surface area contributed by atoms with Crippen LogP contribution in [-0.4, -0.2) is 29.1 Å². The Hall–Kier alpha value is -1.49. The Balaban J connectivity index is 1.91. The van der Waals surface area contributed by atoms with Gasteiger partial charge in [-0.2, -0.15) is 0 Å². The average molecular weight is 249 g/mol. The van der Waals surface area contributed by atoms with E-state index in [4.69, 9.17) is 4.74 Å². The smallest absolute Gasteiger partial charge is 0.220 e. The first kappa shape index (κ1) is 13.0. The van der Waals surface area contributed by atoms with Crippen LogP contribution in [-0.2, 0) is 16.1 Å². The van der Waals surface area contributed by atoms with E-state index < -0.39 is 0 Å². The number of ether oxygens (including phenoxy) is 1. The number of rotatable bonds is 4. The van der Waals surface area contributed by atoms with Gasteiger partial charge in [0.2, 0.25) is 5.91 Å². The predicted octanol–water partition coefficient (Wildman–Crippen LogP) is 1.05. The van der Waals surface area contributed by atoms with Crippen LogP contribution < -0.4 is 5.32 Å². The molecule has 5 heteroatoms. The Morgan fingerprint density at radius 2 is 1.89 bits per heavy atom. The molecule has 1 aromatic rings. The van der Waals surface area contributed by atoms with E-state index >= 15 is 0 Å². The fraction of sp³-hybridized carbons (Fsp3) is 0.615. The van der Waals surface area contributed by atoms with Gasteiger partial charge in [0, 0.05) is 35.8 Å². The van der Waals surface area contributed by atoms with E-state index in [0.717, 1.165) is 22.8 Å². The molecular weight excluding hydrogens is 230 g/mol. The molecule has 1 aliphatic heterocycles. The molecule has 1 aliphatic rings. The monoisotopic (exact) mass is 249 g/mol. The first-order valence-corrected chi connectivity index (χ1v) is 6.21. The van der Waals surface area contributed by atoms with Crippen LogP contribution >= 0.6 is 0 Å². The van der Waals surface area contributed by atoms with Crippen LogP contribution in [0.2, 0.25) is 0 Å². The minimum absolute atomic E-state index is 0.0719. The quantitative estimate of drug-likeness (QED) is 0.866. The molecule has 1 saturated heterocycles. The molecule has 1 fully saturated rings. The van der Waals surface area contributed by atoms with Gasteiger partial charge < -0.3 is 10.1 Å². The lowest BCUT2D eigenvalue weighted by atomic mass is 10.0.